The zero-order chi connectivity index (χ0) is 38.4. The number of morpholine rings is 1. The Morgan fingerprint density at radius 2 is 1.84 bits per heavy atom. The molecule has 2 saturated heterocycles. The van der Waals surface area contributed by atoms with Crippen LogP contribution in [0, 0.1) is 17.8 Å². The first kappa shape index (κ1) is 40.5. The normalized spacial score (nSPS) is 31.0. The van der Waals surface area contributed by atoms with E-state index in [0.29, 0.717) is 61.9 Å². The van der Waals surface area contributed by atoms with Gasteiger partial charge in [0.1, 0.15) is 12.4 Å². The number of rotatable bonds is 7. The van der Waals surface area contributed by atoms with Crippen LogP contribution in [0.1, 0.15) is 86.7 Å². The summed E-state index contributed by atoms with van der Waals surface area (Å²) in [5.74, 6) is 0.668. The molecule has 0 unspecified atom stereocenters. The van der Waals surface area contributed by atoms with E-state index in [4.69, 9.17) is 18.9 Å². The number of methoxy groups -OCH3 is 1. The number of anilines is 1. The highest BCUT2D eigenvalue weighted by Crippen LogP contribution is 2.48. The molecular weight excluding hydrogens is 717 g/mol. The predicted molar refractivity (Wildman–Crippen MR) is 215 cm³/mol. The third kappa shape index (κ3) is 9.36. The lowest BCUT2D eigenvalue weighted by molar-refractivity contribution is -0.154. The van der Waals surface area contributed by atoms with Gasteiger partial charge < -0.3 is 23.8 Å². The molecule has 1 amide bonds. The molecule has 304 valence electrons. The first-order valence-electron chi connectivity index (χ1n) is 21.0. The molecule has 4 aliphatic heterocycles. The van der Waals surface area contributed by atoms with E-state index in [9.17, 15) is 13.2 Å². The number of nitrogens with one attached hydrogen (secondary N) is 1. The van der Waals surface area contributed by atoms with Crippen LogP contribution in [-0.2, 0) is 37.3 Å². The molecule has 0 spiro atoms. The summed E-state index contributed by atoms with van der Waals surface area (Å²) in [7, 11) is -2.44. The van der Waals surface area contributed by atoms with Gasteiger partial charge in [0, 0.05) is 77.7 Å². The molecule has 5 aliphatic rings. The summed E-state index contributed by atoms with van der Waals surface area (Å²) in [6.45, 7) is 13.6. The fraction of sp³-hybridized carbons (Fsp3) is 0.698. The highest BCUT2D eigenvalue weighted by molar-refractivity contribution is 7.90. The lowest BCUT2D eigenvalue weighted by atomic mass is 9.62. The van der Waals surface area contributed by atoms with Gasteiger partial charge in [-0.2, -0.15) is 0 Å². The third-order valence-electron chi connectivity index (χ3n) is 13.3. The summed E-state index contributed by atoms with van der Waals surface area (Å²) in [5.41, 5.74) is 3.28. The molecule has 1 aliphatic carbocycles. The molecule has 7 rings (SSSR count). The highest BCUT2D eigenvalue weighted by atomic mass is 32.2. The van der Waals surface area contributed by atoms with Crippen LogP contribution in [0.2, 0.25) is 0 Å². The van der Waals surface area contributed by atoms with Crippen molar-refractivity contribution in [1.82, 2.24) is 14.5 Å². The van der Waals surface area contributed by atoms with Crippen LogP contribution >= 0.6 is 0 Å². The number of sulfonamides is 1. The van der Waals surface area contributed by atoms with Crippen molar-refractivity contribution < 1.29 is 32.2 Å². The average molecular weight is 781 g/mol. The van der Waals surface area contributed by atoms with E-state index < -0.39 is 21.2 Å². The lowest BCUT2D eigenvalue weighted by Gasteiger charge is -2.54. The van der Waals surface area contributed by atoms with Crippen molar-refractivity contribution in [2.45, 2.75) is 95.1 Å². The predicted octanol–water partition coefficient (Wildman–Crippen LogP) is 5.51. The standard InChI is InChI=1S/C43H64N4O7S/c1-4-54-43(31-45-21-22-46-23-25-52-30-37(46)28-45)19-9-10-32(2)41(18-24-51-3)55(49,50)44-42(48)34-15-17-40-39(26-34)47(27-35-14-16-38(35)43)20-8-7-12-33-11-5-6-13-36(33)29-53-40/h5-6,11,13,15,17,26,32,35,37-38,41H,4,7-10,12,14,16,18-25,27-31H2,1-3H3,(H,44,48)/t32-,35-,37-,38+,41+,43-/m0/s1. The number of fused-ring (bicyclic) bond motifs is 4. The summed E-state index contributed by atoms with van der Waals surface area (Å²) < 4.78 is 55.7. The maximum absolute atomic E-state index is 14.1. The molecule has 0 radical (unpaired) electrons. The Balaban J connectivity index is 1.26. The molecule has 0 aromatic heterocycles. The molecule has 1 saturated carbocycles. The van der Waals surface area contributed by atoms with Crippen molar-refractivity contribution in [2.24, 2.45) is 17.8 Å². The molecule has 11 nitrogen and oxygen atoms in total. The number of aryl methyl sites for hydroxylation is 1. The Morgan fingerprint density at radius 3 is 2.64 bits per heavy atom. The molecule has 1 N–H and O–H groups in total. The van der Waals surface area contributed by atoms with Crippen LogP contribution in [0.3, 0.4) is 0 Å². The quantitative estimate of drug-likeness (QED) is 0.387. The molecule has 12 heteroatoms. The lowest BCUT2D eigenvalue weighted by Crippen LogP contribution is -2.63. The van der Waals surface area contributed by atoms with Gasteiger partial charge in [-0.1, -0.05) is 37.6 Å². The van der Waals surface area contributed by atoms with E-state index in [2.05, 4.69) is 50.6 Å². The van der Waals surface area contributed by atoms with Gasteiger partial charge in [-0.3, -0.25) is 14.6 Å². The second-order valence-electron chi connectivity index (χ2n) is 16.8. The minimum absolute atomic E-state index is 0.188. The van der Waals surface area contributed by atoms with Gasteiger partial charge in [0.05, 0.1) is 29.8 Å². The van der Waals surface area contributed by atoms with E-state index in [-0.39, 0.29) is 11.5 Å². The van der Waals surface area contributed by atoms with Gasteiger partial charge >= 0.3 is 0 Å². The Labute approximate surface area is 329 Å². The van der Waals surface area contributed by atoms with Crippen LogP contribution in [0.5, 0.6) is 5.75 Å². The van der Waals surface area contributed by atoms with E-state index >= 15 is 0 Å². The Bertz CT molecular complexity index is 1710. The number of nitrogens with zero attached hydrogens (tertiary/aromatic N) is 3. The maximum Gasteiger partial charge on any atom is 0.264 e. The Morgan fingerprint density at radius 1 is 0.982 bits per heavy atom. The number of amides is 1. The second-order valence-corrected chi connectivity index (χ2v) is 18.6. The maximum atomic E-state index is 14.1. The number of carbonyl (C=O) groups is 1. The number of hydrogen-bond donors (Lipinski definition) is 1. The van der Waals surface area contributed by atoms with E-state index in [1.807, 2.05) is 19.1 Å². The zero-order valence-electron chi connectivity index (χ0n) is 33.4. The molecule has 6 atom stereocenters. The summed E-state index contributed by atoms with van der Waals surface area (Å²) in [4.78, 5) is 21.5. The van der Waals surface area contributed by atoms with E-state index in [0.717, 1.165) is 110 Å². The first-order valence-corrected chi connectivity index (χ1v) is 22.6. The number of benzene rings is 2. The Hall–Kier alpha value is -2.74. The molecule has 2 aromatic carbocycles. The van der Waals surface area contributed by atoms with E-state index in [1.165, 1.54) is 11.1 Å². The summed E-state index contributed by atoms with van der Waals surface area (Å²) >= 11 is 0. The second kappa shape index (κ2) is 18.2. The van der Waals surface area contributed by atoms with Crippen molar-refractivity contribution in [3.05, 3.63) is 59.2 Å². The fourth-order valence-electron chi connectivity index (χ4n) is 10.2. The third-order valence-corrected chi connectivity index (χ3v) is 15.3. The highest BCUT2D eigenvalue weighted by Gasteiger charge is 2.50. The monoisotopic (exact) mass is 780 g/mol. The molecule has 2 bridgehead atoms. The summed E-state index contributed by atoms with van der Waals surface area (Å²) in [5, 5.41) is -0.776. The molecular formula is C43H64N4O7S. The fourth-order valence-corrected chi connectivity index (χ4v) is 11.9. The van der Waals surface area contributed by atoms with Crippen molar-refractivity contribution in [1.29, 1.82) is 0 Å². The summed E-state index contributed by atoms with van der Waals surface area (Å²) in [6, 6.07) is 14.3. The minimum Gasteiger partial charge on any atom is -0.487 e. The van der Waals surface area contributed by atoms with Crippen LogP contribution in [0.15, 0.2) is 42.5 Å². The smallest absolute Gasteiger partial charge is 0.264 e. The van der Waals surface area contributed by atoms with E-state index in [1.54, 1.807) is 13.2 Å². The van der Waals surface area contributed by atoms with Gasteiger partial charge in [-0.15, -0.1) is 0 Å². The van der Waals surface area contributed by atoms with Crippen molar-refractivity contribution in [2.75, 3.05) is 84.3 Å². The number of carbonyl (C=O) groups excluding carboxylic acids is 1. The molecule has 3 fully saturated rings. The van der Waals surface area contributed by atoms with Crippen LogP contribution in [-0.4, -0.2) is 120 Å². The number of hydrogen-bond acceptors (Lipinski definition) is 10. The van der Waals surface area contributed by atoms with Gasteiger partial charge in [0.25, 0.3) is 5.91 Å². The first-order chi connectivity index (χ1) is 26.7. The van der Waals surface area contributed by atoms with Crippen molar-refractivity contribution in [3.8, 4) is 5.75 Å². The zero-order valence-corrected chi connectivity index (χ0v) is 34.2. The van der Waals surface area contributed by atoms with Gasteiger partial charge in [-0.05, 0) is 105 Å². The Kier molecular flexibility index (Phi) is 13.4. The largest absolute Gasteiger partial charge is 0.487 e. The van der Waals surface area contributed by atoms with Gasteiger partial charge in [0.2, 0.25) is 10.0 Å². The van der Waals surface area contributed by atoms with Crippen molar-refractivity contribution in [3.63, 3.8) is 0 Å². The van der Waals surface area contributed by atoms with Crippen LogP contribution < -0.4 is 14.4 Å². The summed E-state index contributed by atoms with van der Waals surface area (Å²) in [6.07, 6.45) is 7.95. The number of piperazine rings is 1. The van der Waals surface area contributed by atoms with Crippen molar-refractivity contribution >= 4 is 21.6 Å². The van der Waals surface area contributed by atoms with Crippen LogP contribution in [0.4, 0.5) is 5.69 Å². The molecule has 55 heavy (non-hydrogen) atoms. The molecule has 2 aromatic rings. The van der Waals surface area contributed by atoms with Gasteiger partial charge in [0.15, 0.2) is 0 Å². The average Bonchev–Trinajstić information content (AvgIpc) is 3.19. The molecule has 4 heterocycles. The van der Waals surface area contributed by atoms with Gasteiger partial charge in [-0.25, -0.2) is 13.1 Å². The minimum atomic E-state index is -4.03. The topological polar surface area (TPSA) is 110 Å². The van der Waals surface area contributed by atoms with Crippen LogP contribution in [0.25, 0.3) is 0 Å². The number of ether oxygens (including phenoxy) is 4. The SMILES string of the molecule is CCO[C@]1(CN2CCN3CCOC[C@@H]3C2)CCC[C@H](C)[C@@H](CCOC)S(=O)(=O)NC(=O)c2ccc3c(c2)N(CCCCc2ccccc2CO3)C[C@@H]2CC[C@H]21.